The van der Waals surface area contributed by atoms with Crippen LogP contribution in [0.15, 0.2) is 46.9 Å². The normalized spacial score (nSPS) is 17.7. The van der Waals surface area contributed by atoms with E-state index >= 15 is 0 Å². The van der Waals surface area contributed by atoms with E-state index in [4.69, 9.17) is 15.1 Å². The summed E-state index contributed by atoms with van der Waals surface area (Å²) >= 11 is 0. The number of nitrogens with one attached hydrogen (secondary N) is 1. The summed E-state index contributed by atoms with van der Waals surface area (Å²) in [6.45, 7) is 0.544. The third kappa shape index (κ3) is 3.49. The van der Waals surface area contributed by atoms with Crippen molar-refractivity contribution in [2.24, 2.45) is 0 Å². The van der Waals surface area contributed by atoms with Gasteiger partial charge in [0.1, 0.15) is 0 Å². The van der Waals surface area contributed by atoms with Crippen LogP contribution in [0.3, 0.4) is 0 Å². The van der Waals surface area contributed by atoms with Crippen LogP contribution in [0.5, 0.6) is 0 Å². The van der Waals surface area contributed by atoms with Gasteiger partial charge in [-0.2, -0.15) is 0 Å². The van der Waals surface area contributed by atoms with Crippen molar-refractivity contribution in [2.45, 2.75) is 17.9 Å². The Kier molecular flexibility index (Phi) is 4.62. The molecule has 0 spiro atoms. The summed E-state index contributed by atoms with van der Waals surface area (Å²) in [5.41, 5.74) is 8.47. The average Bonchev–Trinajstić information content (AvgIpc) is 3.21. The van der Waals surface area contributed by atoms with Gasteiger partial charge in [-0.25, -0.2) is 13.2 Å². The van der Waals surface area contributed by atoms with Gasteiger partial charge in [-0.15, -0.1) is 0 Å². The summed E-state index contributed by atoms with van der Waals surface area (Å²) in [5, 5.41) is 9.82. The predicted octanol–water partition coefficient (Wildman–Crippen LogP) is 0.618. The van der Waals surface area contributed by atoms with Crippen LogP contribution in [0.4, 0.5) is 11.4 Å². The highest BCUT2D eigenvalue weighted by atomic mass is 32.2. The van der Waals surface area contributed by atoms with Gasteiger partial charge in [-0.1, -0.05) is 6.07 Å². The van der Waals surface area contributed by atoms with E-state index in [1.165, 1.54) is 30.3 Å². The van der Waals surface area contributed by atoms with E-state index in [0.29, 0.717) is 34.4 Å². The summed E-state index contributed by atoms with van der Waals surface area (Å²) in [6, 6.07) is 9.19. The number of carbonyl (C=O) groups is 1. The molecule has 8 nitrogen and oxygen atoms in total. The van der Waals surface area contributed by atoms with Crippen molar-refractivity contribution in [1.82, 2.24) is 0 Å². The van der Waals surface area contributed by atoms with E-state index in [1.54, 1.807) is 12.1 Å². The lowest BCUT2D eigenvalue weighted by molar-refractivity contribution is -0.134. The van der Waals surface area contributed by atoms with Crippen molar-refractivity contribution in [3.05, 3.63) is 53.1 Å². The molecule has 0 unspecified atom stereocenters. The Balaban J connectivity index is 1.70. The van der Waals surface area contributed by atoms with Crippen LogP contribution in [-0.4, -0.2) is 33.1 Å². The maximum Gasteiger partial charge on any atom is 0.491 e. The van der Waals surface area contributed by atoms with Crippen molar-refractivity contribution in [2.75, 3.05) is 17.1 Å². The molecule has 0 amide bonds. The second kappa shape index (κ2) is 6.97. The molecule has 4 N–H and O–H groups in total. The van der Waals surface area contributed by atoms with Crippen LogP contribution in [0.2, 0.25) is 0 Å². The molecular weight excluding hydrogens is 383 g/mol. The Morgan fingerprint density at radius 2 is 2.04 bits per heavy atom. The number of fused-ring (bicyclic) bond motifs is 1. The van der Waals surface area contributed by atoms with Crippen molar-refractivity contribution < 1.29 is 27.6 Å². The fraction of sp³-hybridized carbons (Fsp3) is 0.167. The number of esters is 1. The number of cyclic esters (lactones) is 1. The molecule has 0 bridgehead atoms. The van der Waals surface area contributed by atoms with Crippen LogP contribution < -0.4 is 15.9 Å². The van der Waals surface area contributed by atoms with Gasteiger partial charge in [0.25, 0.3) is 10.0 Å². The molecule has 2 aromatic carbocycles. The minimum Gasteiger partial charge on any atom is -0.462 e. The van der Waals surface area contributed by atoms with E-state index in [1.807, 2.05) is 0 Å². The van der Waals surface area contributed by atoms with Gasteiger partial charge >= 0.3 is 13.1 Å². The molecule has 2 aromatic rings. The first-order valence-electron chi connectivity index (χ1n) is 8.56. The molecule has 0 radical (unpaired) electrons. The number of carbonyl (C=O) groups excluding carboxylic acids is 1. The summed E-state index contributed by atoms with van der Waals surface area (Å²) in [7, 11) is -5.06. The highest BCUT2D eigenvalue weighted by molar-refractivity contribution is 7.92. The average molecular weight is 400 g/mol. The lowest BCUT2D eigenvalue weighted by Gasteiger charge is -2.12. The number of hydrogen-bond acceptors (Lipinski definition) is 7. The minimum absolute atomic E-state index is 0.0220. The molecule has 1 fully saturated rings. The number of sulfonamides is 1. The number of hydrogen-bond donors (Lipinski definition) is 3. The van der Waals surface area contributed by atoms with E-state index < -0.39 is 23.1 Å². The maximum atomic E-state index is 13.0. The Morgan fingerprint density at radius 1 is 1.21 bits per heavy atom. The Hall–Kier alpha value is -2.82. The molecule has 10 heteroatoms. The number of nitrogen functional groups attached to an aromatic ring is 1. The van der Waals surface area contributed by atoms with Crippen LogP contribution in [0, 0.1) is 0 Å². The van der Waals surface area contributed by atoms with Gasteiger partial charge in [0.05, 0.1) is 18.1 Å². The van der Waals surface area contributed by atoms with Gasteiger partial charge in [-0.05, 0) is 53.0 Å². The molecule has 4 rings (SSSR count). The van der Waals surface area contributed by atoms with Gasteiger partial charge in [0, 0.05) is 23.4 Å². The highest BCUT2D eigenvalue weighted by Crippen LogP contribution is 2.26. The van der Waals surface area contributed by atoms with Gasteiger partial charge in [0.15, 0.2) is 0 Å². The number of benzene rings is 2. The molecular formula is C18H17BN2O6S. The van der Waals surface area contributed by atoms with Gasteiger partial charge < -0.3 is 20.1 Å². The number of ether oxygens (including phenoxy) is 1. The highest BCUT2D eigenvalue weighted by Gasteiger charge is 2.28. The third-order valence-corrected chi connectivity index (χ3v) is 6.04. The third-order valence-electron chi connectivity index (χ3n) is 4.58. The topological polar surface area (TPSA) is 128 Å². The summed E-state index contributed by atoms with van der Waals surface area (Å²) < 4.78 is 38.5. The fourth-order valence-electron chi connectivity index (χ4n) is 3.18. The number of anilines is 2. The molecule has 0 aromatic heterocycles. The molecule has 144 valence electrons. The SMILES string of the molecule is Nc1ccc(S(=O)(=O)Nc2ccc3c(c2)B(O)OC3)c(C=C2CCOC2=O)c1. The Bertz CT molecular complexity index is 1100. The zero-order chi connectivity index (χ0) is 19.9. The van der Waals surface area contributed by atoms with Crippen LogP contribution in [0.1, 0.15) is 17.5 Å². The Labute approximate surface area is 162 Å². The summed E-state index contributed by atoms with van der Waals surface area (Å²) in [4.78, 5) is 11.7. The van der Waals surface area contributed by atoms with Crippen LogP contribution >= 0.6 is 0 Å². The van der Waals surface area contributed by atoms with E-state index in [9.17, 15) is 18.2 Å². The van der Waals surface area contributed by atoms with Crippen molar-refractivity contribution in [1.29, 1.82) is 0 Å². The number of rotatable bonds is 4. The smallest absolute Gasteiger partial charge is 0.462 e. The minimum atomic E-state index is -3.98. The summed E-state index contributed by atoms with van der Waals surface area (Å²) in [5.74, 6) is -0.466. The monoisotopic (exact) mass is 400 g/mol. The largest absolute Gasteiger partial charge is 0.491 e. The van der Waals surface area contributed by atoms with Gasteiger partial charge in [-0.3, -0.25) is 4.72 Å². The van der Waals surface area contributed by atoms with E-state index in [0.717, 1.165) is 5.56 Å². The molecule has 0 aliphatic carbocycles. The predicted molar refractivity (Wildman–Crippen MR) is 104 cm³/mol. The molecule has 28 heavy (non-hydrogen) atoms. The van der Waals surface area contributed by atoms with Crippen molar-refractivity contribution in [3.63, 3.8) is 0 Å². The molecule has 1 saturated heterocycles. The second-order valence-electron chi connectivity index (χ2n) is 6.54. The maximum absolute atomic E-state index is 13.0. The molecule has 0 atom stereocenters. The van der Waals surface area contributed by atoms with Crippen molar-refractivity contribution in [3.8, 4) is 0 Å². The lowest BCUT2D eigenvalue weighted by Crippen LogP contribution is -2.28. The number of nitrogens with two attached hydrogens (primary N) is 1. The lowest BCUT2D eigenvalue weighted by atomic mass is 9.79. The van der Waals surface area contributed by atoms with Gasteiger partial charge in [0.2, 0.25) is 0 Å². The van der Waals surface area contributed by atoms with Crippen LogP contribution in [0.25, 0.3) is 6.08 Å². The zero-order valence-corrected chi connectivity index (χ0v) is 15.5. The van der Waals surface area contributed by atoms with E-state index in [-0.39, 0.29) is 18.1 Å². The quantitative estimate of drug-likeness (QED) is 0.297. The molecule has 2 aliphatic heterocycles. The van der Waals surface area contributed by atoms with Crippen molar-refractivity contribution >= 4 is 46.0 Å². The first-order chi connectivity index (χ1) is 13.3. The summed E-state index contributed by atoms with van der Waals surface area (Å²) in [6.07, 6.45) is 1.89. The Morgan fingerprint density at radius 3 is 2.79 bits per heavy atom. The molecule has 2 aliphatic rings. The molecule has 2 heterocycles. The fourth-order valence-corrected chi connectivity index (χ4v) is 4.40. The standard InChI is InChI=1S/C18H17BN2O6S/c20-14-2-4-17(13(8-14)7-11-5-6-26-18(11)22)28(24,25)21-15-3-1-12-10-27-19(23)16(12)9-15/h1-4,7-9,21,23H,5-6,10,20H2. The van der Waals surface area contributed by atoms with Crippen LogP contribution in [-0.2, 0) is 30.8 Å². The first-order valence-corrected chi connectivity index (χ1v) is 10.0. The zero-order valence-electron chi connectivity index (χ0n) is 14.7. The molecule has 0 saturated carbocycles. The van der Waals surface area contributed by atoms with E-state index in [2.05, 4.69) is 4.72 Å². The first kappa shape index (κ1) is 18.5. The second-order valence-corrected chi connectivity index (χ2v) is 8.19.